The van der Waals surface area contributed by atoms with Crippen LogP contribution in [0.2, 0.25) is 0 Å². The number of halogens is 1. The highest BCUT2D eigenvalue weighted by Gasteiger charge is 2.29. The Bertz CT molecular complexity index is 1280. The fourth-order valence-electron chi connectivity index (χ4n) is 5.73. The molecular formula is C35H46FN3O2. The molecule has 1 heterocycles. The highest BCUT2D eigenvalue weighted by molar-refractivity contribution is 5.96. The maximum absolute atomic E-state index is 14.1. The quantitative estimate of drug-likeness (QED) is 0.259. The first-order chi connectivity index (χ1) is 19.5. The van der Waals surface area contributed by atoms with E-state index >= 15 is 0 Å². The molecule has 2 amide bonds. The Hall–Kier alpha value is -3.41. The molecule has 220 valence electrons. The largest absolute Gasteiger partial charge is 0.345 e. The van der Waals surface area contributed by atoms with Crippen LogP contribution in [0.15, 0.2) is 66.9 Å². The molecule has 1 aliphatic carbocycles. The van der Waals surface area contributed by atoms with Crippen LogP contribution in [0.5, 0.6) is 0 Å². The van der Waals surface area contributed by atoms with Gasteiger partial charge in [0, 0.05) is 36.6 Å². The van der Waals surface area contributed by atoms with Crippen molar-refractivity contribution in [2.75, 3.05) is 13.1 Å². The average Bonchev–Trinajstić information content (AvgIpc) is 3.38. The number of nitrogens with zero attached hydrogens (tertiary/aromatic N) is 3. The van der Waals surface area contributed by atoms with Gasteiger partial charge < -0.3 is 14.4 Å². The Morgan fingerprint density at radius 2 is 1.61 bits per heavy atom. The van der Waals surface area contributed by atoms with Crippen molar-refractivity contribution < 1.29 is 14.0 Å². The van der Waals surface area contributed by atoms with Gasteiger partial charge in [-0.05, 0) is 71.7 Å². The number of carbonyl (C=O) groups excluding carboxylic acids is 2. The third-order valence-electron chi connectivity index (χ3n) is 8.05. The van der Waals surface area contributed by atoms with E-state index in [1.54, 1.807) is 17.0 Å². The summed E-state index contributed by atoms with van der Waals surface area (Å²) in [6.45, 7) is 12.3. The number of amides is 2. The molecule has 2 aromatic carbocycles. The van der Waals surface area contributed by atoms with Gasteiger partial charge in [0.05, 0.1) is 6.54 Å². The Morgan fingerprint density at radius 3 is 2.22 bits per heavy atom. The van der Waals surface area contributed by atoms with Gasteiger partial charge in [0.1, 0.15) is 12.4 Å². The lowest BCUT2D eigenvalue weighted by atomic mass is 9.86. The van der Waals surface area contributed by atoms with Crippen molar-refractivity contribution in [2.45, 2.75) is 91.3 Å². The number of benzene rings is 2. The van der Waals surface area contributed by atoms with Crippen molar-refractivity contribution in [1.82, 2.24) is 14.4 Å². The smallest absolute Gasteiger partial charge is 0.254 e. The Kier molecular flexibility index (Phi) is 10.1. The summed E-state index contributed by atoms with van der Waals surface area (Å²) in [6, 6.07) is 18.6. The molecule has 0 bridgehead atoms. The van der Waals surface area contributed by atoms with E-state index in [0.717, 1.165) is 36.9 Å². The van der Waals surface area contributed by atoms with Gasteiger partial charge in [0.15, 0.2) is 0 Å². The third kappa shape index (κ3) is 8.31. The normalized spacial score (nSPS) is 14.3. The minimum Gasteiger partial charge on any atom is -0.345 e. The van der Waals surface area contributed by atoms with Crippen molar-refractivity contribution in [3.8, 4) is 0 Å². The van der Waals surface area contributed by atoms with E-state index in [-0.39, 0.29) is 41.6 Å². The van der Waals surface area contributed by atoms with E-state index in [0.29, 0.717) is 25.2 Å². The molecule has 1 fully saturated rings. The number of carbonyl (C=O) groups is 2. The molecule has 6 heteroatoms. The van der Waals surface area contributed by atoms with Crippen LogP contribution in [0.4, 0.5) is 4.39 Å². The van der Waals surface area contributed by atoms with Crippen LogP contribution < -0.4 is 0 Å². The fourth-order valence-corrected chi connectivity index (χ4v) is 5.73. The topological polar surface area (TPSA) is 45.6 Å². The fraction of sp³-hybridized carbons (Fsp3) is 0.486. The molecule has 4 rings (SSSR count). The molecular weight excluding hydrogens is 513 g/mol. The summed E-state index contributed by atoms with van der Waals surface area (Å²) < 4.78 is 15.6. The van der Waals surface area contributed by atoms with Gasteiger partial charge in [-0.2, -0.15) is 0 Å². The Balaban J connectivity index is 1.55. The van der Waals surface area contributed by atoms with E-state index in [1.807, 2.05) is 41.4 Å². The summed E-state index contributed by atoms with van der Waals surface area (Å²) in [5.41, 5.74) is 3.83. The van der Waals surface area contributed by atoms with E-state index in [1.165, 1.54) is 24.1 Å². The molecule has 41 heavy (non-hydrogen) atoms. The lowest BCUT2D eigenvalue weighted by Crippen LogP contribution is -2.48. The molecule has 0 saturated heterocycles. The van der Waals surface area contributed by atoms with Crippen molar-refractivity contribution in [3.63, 3.8) is 0 Å². The number of aromatic nitrogens is 1. The molecule has 0 radical (unpaired) electrons. The summed E-state index contributed by atoms with van der Waals surface area (Å²) >= 11 is 0. The standard InChI is InChI=1S/C35H46FN3O2/c1-26(2)22-38(34(41)28-15-17-29(18-16-28)35(3,4)5)25-33(40)39(31-10-7-6-8-11-31)24-32-12-9-21-37(32)23-27-13-19-30(36)20-14-27/h9,12-21,26,31H,6-8,10-11,22-25H2,1-5H3. The predicted molar refractivity (Wildman–Crippen MR) is 163 cm³/mol. The van der Waals surface area contributed by atoms with Crippen LogP contribution in [-0.4, -0.2) is 45.3 Å². The molecule has 1 aromatic heterocycles. The van der Waals surface area contributed by atoms with Gasteiger partial charge >= 0.3 is 0 Å². The van der Waals surface area contributed by atoms with E-state index in [4.69, 9.17) is 0 Å². The first-order valence-electron chi connectivity index (χ1n) is 15.1. The number of hydrogen-bond acceptors (Lipinski definition) is 2. The summed E-state index contributed by atoms with van der Waals surface area (Å²) in [7, 11) is 0. The van der Waals surface area contributed by atoms with Gasteiger partial charge in [-0.1, -0.05) is 78.1 Å². The van der Waals surface area contributed by atoms with Crippen molar-refractivity contribution >= 4 is 11.8 Å². The molecule has 1 saturated carbocycles. The molecule has 0 spiro atoms. The Morgan fingerprint density at radius 1 is 0.951 bits per heavy atom. The predicted octanol–water partition coefficient (Wildman–Crippen LogP) is 7.43. The van der Waals surface area contributed by atoms with Gasteiger partial charge in [0.25, 0.3) is 5.91 Å². The zero-order chi connectivity index (χ0) is 29.6. The minimum atomic E-state index is -0.249. The maximum Gasteiger partial charge on any atom is 0.254 e. The van der Waals surface area contributed by atoms with Crippen molar-refractivity contribution in [1.29, 1.82) is 0 Å². The minimum absolute atomic E-state index is 0.00399. The second-order valence-electron chi connectivity index (χ2n) is 13.0. The van der Waals surface area contributed by atoms with Gasteiger partial charge in [-0.3, -0.25) is 9.59 Å². The second-order valence-corrected chi connectivity index (χ2v) is 13.0. The number of rotatable bonds is 10. The average molecular weight is 560 g/mol. The van der Waals surface area contributed by atoms with Crippen LogP contribution in [0.25, 0.3) is 0 Å². The second kappa shape index (κ2) is 13.5. The van der Waals surface area contributed by atoms with Crippen LogP contribution in [0.3, 0.4) is 0 Å². The van der Waals surface area contributed by atoms with Crippen LogP contribution in [-0.2, 0) is 23.3 Å². The van der Waals surface area contributed by atoms with Crippen molar-refractivity contribution in [3.05, 3.63) is 95.1 Å². The summed E-state index contributed by atoms with van der Waals surface area (Å²) in [5, 5.41) is 0. The monoisotopic (exact) mass is 559 g/mol. The lowest BCUT2D eigenvalue weighted by Gasteiger charge is -2.36. The first kappa shape index (κ1) is 30.5. The van der Waals surface area contributed by atoms with Crippen molar-refractivity contribution in [2.24, 2.45) is 5.92 Å². The Labute approximate surface area is 245 Å². The highest BCUT2D eigenvalue weighted by atomic mass is 19.1. The molecule has 0 unspecified atom stereocenters. The van der Waals surface area contributed by atoms with Crippen LogP contribution in [0, 0.1) is 11.7 Å². The SMILES string of the molecule is CC(C)CN(CC(=O)N(Cc1cccn1Cc1ccc(F)cc1)C1CCCCC1)C(=O)c1ccc(C(C)(C)C)cc1. The molecule has 0 aliphatic heterocycles. The van der Waals surface area contributed by atoms with Gasteiger partial charge in [-0.15, -0.1) is 0 Å². The van der Waals surface area contributed by atoms with Gasteiger partial charge in [0.2, 0.25) is 5.91 Å². The molecule has 0 N–H and O–H groups in total. The van der Waals surface area contributed by atoms with E-state index in [2.05, 4.69) is 45.3 Å². The zero-order valence-corrected chi connectivity index (χ0v) is 25.4. The summed E-state index contributed by atoms with van der Waals surface area (Å²) in [4.78, 5) is 31.5. The molecule has 5 nitrogen and oxygen atoms in total. The maximum atomic E-state index is 14.1. The number of hydrogen-bond donors (Lipinski definition) is 0. The zero-order valence-electron chi connectivity index (χ0n) is 25.4. The lowest BCUT2D eigenvalue weighted by molar-refractivity contribution is -0.135. The molecule has 1 aliphatic rings. The van der Waals surface area contributed by atoms with E-state index in [9.17, 15) is 14.0 Å². The highest BCUT2D eigenvalue weighted by Crippen LogP contribution is 2.26. The first-order valence-corrected chi connectivity index (χ1v) is 15.1. The van der Waals surface area contributed by atoms with E-state index < -0.39 is 0 Å². The van der Waals surface area contributed by atoms with Crippen LogP contribution >= 0.6 is 0 Å². The summed E-state index contributed by atoms with van der Waals surface area (Å²) in [5.74, 6) is -0.125. The molecule has 3 aromatic rings. The summed E-state index contributed by atoms with van der Waals surface area (Å²) in [6.07, 6.45) is 7.40. The van der Waals surface area contributed by atoms with Gasteiger partial charge in [-0.25, -0.2) is 4.39 Å². The molecule has 0 atom stereocenters. The third-order valence-corrected chi connectivity index (χ3v) is 8.05. The van der Waals surface area contributed by atoms with Crippen LogP contribution in [0.1, 0.15) is 93.9 Å².